The molecule has 0 atom stereocenters. The van der Waals surface area contributed by atoms with Crippen LogP contribution in [0.2, 0.25) is 0 Å². The molecule has 0 heterocycles. The SMILES string of the molecule is NCC=Cc1ccc(CC(=O)O)cc1. The molecule has 3 nitrogen and oxygen atoms in total. The zero-order chi connectivity index (χ0) is 10.4. The second kappa shape index (κ2) is 5.19. The number of benzene rings is 1. The van der Waals surface area contributed by atoms with Gasteiger partial charge >= 0.3 is 5.97 Å². The summed E-state index contributed by atoms with van der Waals surface area (Å²) in [5.41, 5.74) is 7.15. The largest absolute Gasteiger partial charge is 0.481 e. The Kier molecular flexibility index (Phi) is 3.88. The topological polar surface area (TPSA) is 63.3 Å². The van der Waals surface area contributed by atoms with E-state index >= 15 is 0 Å². The Morgan fingerprint density at radius 2 is 2.00 bits per heavy atom. The fourth-order valence-electron chi connectivity index (χ4n) is 1.13. The summed E-state index contributed by atoms with van der Waals surface area (Å²) in [5.74, 6) is -0.810. The minimum Gasteiger partial charge on any atom is -0.481 e. The number of nitrogens with two attached hydrogens (primary N) is 1. The second-order valence-electron chi connectivity index (χ2n) is 2.95. The maximum absolute atomic E-state index is 10.4. The molecule has 1 aromatic rings. The van der Waals surface area contributed by atoms with Crippen LogP contribution in [-0.4, -0.2) is 17.6 Å². The standard InChI is InChI=1S/C11H13NO2/c12-7-1-2-9-3-5-10(6-4-9)8-11(13)14/h1-6H,7-8,12H2,(H,13,14). The minimum absolute atomic E-state index is 0.0703. The number of carboxylic acid groups (broad SMARTS) is 1. The third-order valence-electron chi connectivity index (χ3n) is 1.78. The summed E-state index contributed by atoms with van der Waals surface area (Å²) in [6, 6.07) is 7.38. The van der Waals surface area contributed by atoms with Gasteiger partial charge in [-0.3, -0.25) is 4.79 Å². The number of carbonyl (C=O) groups is 1. The van der Waals surface area contributed by atoms with Crippen molar-refractivity contribution in [2.75, 3.05) is 6.54 Å². The second-order valence-corrected chi connectivity index (χ2v) is 2.95. The lowest BCUT2D eigenvalue weighted by molar-refractivity contribution is -0.136. The van der Waals surface area contributed by atoms with Gasteiger partial charge in [0, 0.05) is 6.54 Å². The predicted octanol–water partition coefficient (Wildman–Crippen LogP) is 1.29. The first kappa shape index (κ1) is 10.5. The van der Waals surface area contributed by atoms with Crippen molar-refractivity contribution in [3.8, 4) is 0 Å². The first-order valence-electron chi connectivity index (χ1n) is 4.39. The minimum atomic E-state index is -0.810. The molecular weight excluding hydrogens is 178 g/mol. The molecule has 0 spiro atoms. The van der Waals surface area contributed by atoms with Gasteiger partial charge in [0.15, 0.2) is 0 Å². The summed E-state index contributed by atoms with van der Waals surface area (Å²) < 4.78 is 0. The van der Waals surface area contributed by atoms with Crippen LogP contribution in [-0.2, 0) is 11.2 Å². The fraction of sp³-hybridized carbons (Fsp3) is 0.182. The molecule has 0 saturated carbocycles. The molecule has 0 bridgehead atoms. The molecule has 1 rings (SSSR count). The van der Waals surface area contributed by atoms with Gasteiger partial charge < -0.3 is 10.8 Å². The zero-order valence-corrected chi connectivity index (χ0v) is 7.81. The van der Waals surface area contributed by atoms with E-state index in [2.05, 4.69) is 0 Å². The number of hydrogen-bond acceptors (Lipinski definition) is 2. The van der Waals surface area contributed by atoms with Crippen molar-refractivity contribution in [1.29, 1.82) is 0 Å². The molecule has 0 unspecified atom stereocenters. The molecule has 3 N–H and O–H groups in total. The van der Waals surface area contributed by atoms with E-state index in [1.807, 2.05) is 36.4 Å². The number of hydrogen-bond donors (Lipinski definition) is 2. The number of rotatable bonds is 4. The molecule has 0 fully saturated rings. The maximum Gasteiger partial charge on any atom is 0.307 e. The van der Waals surface area contributed by atoms with Crippen molar-refractivity contribution < 1.29 is 9.90 Å². The summed E-state index contributed by atoms with van der Waals surface area (Å²) in [5, 5.41) is 8.55. The molecule has 0 amide bonds. The fourth-order valence-corrected chi connectivity index (χ4v) is 1.13. The highest BCUT2D eigenvalue weighted by Gasteiger charge is 1.98. The molecule has 0 aliphatic rings. The van der Waals surface area contributed by atoms with Gasteiger partial charge in [0.1, 0.15) is 0 Å². The molecule has 0 saturated heterocycles. The van der Waals surface area contributed by atoms with Gasteiger partial charge in [0.2, 0.25) is 0 Å². The van der Waals surface area contributed by atoms with Gasteiger partial charge in [-0.1, -0.05) is 36.4 Å². The monoisotopic (exact) mass is 191 g/mol. The lowest BCUT2D eigenvalue weighted by Crippen LogP contribution is -1.99. The van der Waals surface area contributed by atoms with Crippen LogP contribution in [0.15, 0.2) is 30.3 Å². The van der Waals surface area contributed by atoms with E-state index in [1.54, 1.807) is 0 Å². The normalized spacial score (nSPS) is 10.6. The van der Waals surface area contributed by atoms with E-state index in [0.717, 1.165) is 11.1 Å². The van der Waals surface area contributed by atoms with E-state index in [0.29, 0.717) is 6.54 Å². The highest BCUT2D eigenvalue weighted by atomic mass is 16.4. The zero-order valence-electron chi connectivity index (χ0n) is 7.81. The van der Waals surface area contributed by atoms with Crippen molar-refractivity contribution in [3.05, 3.63) is 41.5 Å². The average Bonchev–Trinajstić information content (AvgIpc) is 2.16. The van der Waals surface area contributed by atoms with E-state index in [9.17, 15) is 4.79 Å². The van der Waals surface area contributed by atoms with Crippen LogP contribution < -0.4 is 5.73 Å². The Hall–Kier alpha value is -1.61. The van der Waals surface area contributed by atoms with Crippen molar-refractivity contribution in [1.82, 2.24) is 0 Å². The summed E-state index contributed by atoms with van der Waals surface area (Å²) >= 11 is 0. The number of aliphatic carboxylic acids is 1. The van der Waals surface area contributed by atoms with Crippen LogP contribution in [0.3, 0.4) is 0 Å². The van der Waals surface area contributed by atoms with Gasteiger partial charge in [0.25, 0.3) is 0 Å². The first-order chi connectivity index (χ1) is 6.72. The summed E-state index contributed by atoms with van der Waals surface area (Å²) in [6.07, 6.45) is 3.83. The van der Waals surface area contributed by atoms with Gasteiger partial charge in [-0.05, 0) is 11.1 Å². The molecule has 0 radical (unpaired) electrons. The molecular formula is C11H13NO2. The van der Waals surface area contributed by atoms with Crippen molar-refractivity contribution in [2.45, 2.75) is 6.42 Å². The van der Waals surface area contributed by atoms with Gasteiger partial charge in [-0.15, -0.1) is 0 Å². The van der Waals surface area contributed by atoms with Crippen LogP contribution in [0.4, 0.5) is 0 Å². The van der Waals surface area contributed by atoms with E-state index in [4.69, 9.17) is 10.8 Å². The lowest BCUT2D eigenvalue weighted by atomic mass is 10.1. The Morgan fingerprint density at radius 1 is 1.36 bits per heavy atom. The Bertz CT molecular complexity index is 328. The first-order valence-corrected chi connectivity index (χ1v) is 4.39. The predicted molar refractivity (Wildman–Crippen MR) is 55.9 cm³/mol. The Morgan fingerprint density at radius 3 is 2.50 bits per heavy atom. The van der Waals surface area contributed by atoms with E-state index in [1.165, 1.54) is 0 Å². The maximum atomic E-state index is 10.4. The van der Waals surface area contributed by atoms with Crippen molar-refractivity contribution in [3.63, 3.8) is 0 Å². The molecule has 0 aliphatic heterocycles. The molecule has 0 aromatic heterocycles. The highest BCUT2D eigenvalue weighted by molar-refractivity contribution is 5.70. The summed E-state index contributed by atoms with van der Waals surface area (Å²) in [4.78, 5) is 10.4. The van der Waals surface area contributed by atoms with E-state index < -0.39 is 5.97 Å². The third-order valence-corrected chi connectivity index (χ3v) is 1.78. The van der Waals surface area contributed by atoms with Crippen LogP contribution in [0.25, 0.3) is 6.08 Å². The smallest absolute Gasteiger partial charge is 0.307 e. The summed E-state index contributed by atoms with van der Waals surface area (Å²) in [6.45, 7) is 0.511. The van der Waals surface area contributed by atoms with Crippen LogP contribution in [0.5, 0.6) is 0 Å². The quantitative estimate of drug-likeness (QED) is 0.753. The molecule has 74 valence electrons. The lowest BCUT2D eigenvalue weighted by Gasteiger charge is -1.97. The van der Waals surface area contributed by atoms with Crippen molar-refractivity contribution in [2.24, 2.45) is 5.73 Å². The van der Waals surface area contributed by atoms with Crippen LogP contribution in [0, 0.1) is 0 Å². The molecule has 3 heteroatoms. The van der Waals surface area contributed by atoms with Crippen LogP contribution >= 0.6 is 0 Å². The molecule has 14 heavy (non-hydrogen) atoms. The molecule has 0 aliphatic carbocycles. The van der Waals surface area contributed by atoms with Crippen molar-refractivity contribution >= 4 is 12.0 Å². The summed E-state index contributed by atoms with van der Waals surface area (Å²) in [7, 11) is 0. The Balaban J connectivity index is 2.68. The van der Waals surface area contributed by atoms with Gasteiger partial charge in [-0.2, -0.15) is 0 Å². The highest BCUT2D eigenvalue weighted by Crippen LogP contribution is 2.06. The van der Waals surface area contributed by atoms with Crippen LogP contribution in [0.1, 0.15) is 11.1 Å². The Labute approximate surface area is 82.9 Å². The number of carboxylic acids is 1. The average molecular weight is 191 g/mol. The van der Waals surface area contributed by atoms with E-state index in [-0.39, 0.29) is 6.42 Å². The molecule has 1 aromatic carbocycles. The third kappa shape index (κ3) is 3.41. The van der Waals surface area contributed by atoms with Gasteiger partial charge in [0.05, 0.1) is 6.42 Å². The van der Waals surface area contributed by atoms with Gasteiger partial charge in [-0.25, -0.2) is 0 Å².